The third-order valence-corrected chi connectivity index (χ3v) is 7.90. The van der Waals surface area contributed by atoms with Crippen LogP contribution in [0.2, 0.25) is 5.02 Å². The molecule has 0 radical (unpaired) electrons. The van der Waals surface area contributed by atoms with Gasteiger partial charge < -0.3 is 19.6 Å². The molecule has 9 heteroatoms. The first-order chi connectivity index (χ1) is 20.8. The smallest absolute Gasteiger partial charge is 0.323 e. The number of piperidine rings is 1. The van der Waals surface area contributed by atoms with Crippen LogP contribution in [0.5, 0.6) is 5.75 Å². The van der Waals surface area contributed by atoms with Crippen LogP contribution in [0.25, 0.3) is 0 Å². The van der Waals surface area contributed by atoms with Gasteiger partial charge in [-0.05, 0) is 67.5 Å². The van der Waals surface area contributed by atoms with E-state index in [9.17, 15) is 14.7 Å². The molecule has 0 unspecified atom stereocenters. The fourth-order valence-electron chi connectivity index (χ4n) is 5.26. The summed E-state index contributed by atoms with van der Waals surface area (Å²) in [5.74, 6) is 0.124. The molecule has 1 aliphatic heterocycles. The number of aliphatic carboxylic acids is 1. The molecule has 1 fully saturated rings. The van der Waals surface area contributed by atoms with Crippen molar-refractivity contribution in [2.75, 3.05) is 24.5 Å². The number of aryl methyl sites for hydroxylation is 1. The molecule has 222 valence electrons. The van der Waals surface area contributed by atoms with Gasteiger partial charge in [0.15, 0.2) is 0 Å². The highest BCUT2D eigenvalue weighted by Gasteiger charge is 2.26. The summed E-state index contributed by atoms with van der Waals surface area (Å²) < 4.78 is 6.00. The third kappa shape index (κ3) is 8.32. The average Bonchev–Trinajstić information content (AvgIpc) is 3.02. The number of carboxylic acid groups (broad SMARTS) is 1. The molecule has 0 saturated carbocycles. The summed E-state index contributed by atoms with van der Waals surface area (Å²) in [7, 11) is 0. The SMILES string of the molecule is Cc1ccc(CN(CC(=O)O)C(=O)c2cnc(N3CCC(Cc4ccccc4)CC3)nc2COc2ccc(Cl)cc2)cc1. The van der Waals surface area contributed by atoms with E-state index in [0.717, 1.165) is 43.5 Å². The lowest BCUT2D eigenvalue weighted by Gasteiger charge is -2.32. The van der Waals surface area contributed by atoms with E-state index < -0.39 is 18.4 Å². The van der Waals surface area contributed by atoms with Crippen LogP contribution in [0, 0.1) is 12.8 Å². The van der Waals surface area contributed by atoms with E-state index in [1.165, 1.54) is 16.7 Å². The Hall–Kier alpha value is -4.43. The number of halogens is 1. The molecule has 2 heterocycles. The maximum Gasteiger partial charge on any atom is 0.323 e. The maximum atomic E-state index is 13.8. The third-order valence-electron chi connectivity index (χ3n) is 7.65. The molecule has 1 aromatic heterocycles. The number of benzene rings is 3. The van der Waals surface area contributed by atoms with E-state index in [1.807, 2.05) is 37.3 Å². The van der Waals surface area contributed by atoms with Crippen LogP contribution in [-0.2, 0) is 24.4 Å². The standard InChI is InChI=1S/C34H35ClN4O4/c1-24-7-9-27(10-8-24)21-39(22-32(40)41)33(42)30-20-36-34(37-31(30)23-43-29-13-11-28(35)12-14-29)38-17-15-26(16-18-38)19-25-5-3-2-4-6-25/h2-14,20,26H,15-19,21-23H2,1H3,(H,40,41). The predicted molar refractivity (Wildman–Crippen MR) is 166 cm³/mol. The molecule has 0 aliphatic carbocycles. The lowest BCUT2D eigenvalue weighted by Crippen LogP contribution is -2.37. The van der Waals surface area contributed by atoms with E-state index >= 15 is 0 Å². The van der Waals surface area contributed by atoms with Crippen molar-refractivity contribution in [1.82, 2.24) is 14.9 Å². The number of ether oxygens (including phenoxy) is 1. The Morgan fingerprint density at radius 3 is 2.35 bits per heavy atom. The Morgan fingerprint density at radius 2 is 1.67 bits per heavy atom. The zero-order valence-electron chi connectivity index (χ0n) is 24.2. The second kappa shape index (κ2) is 14.2. The lowest BCUT2D eigenvalue weighted by molar-refractivity contribution is -0.137. The van der Waals surface area contributed by atoms with Crippen LogP contribution in [0.4, 0.5) is 5.95 Å². The van der Waals surface area contributed by atoms with Gasteiger partial charge in [-0.2, -0.15) is 0 Å². The normalized spacial score (nSPS) is 13.5. The lowest BCUT2D eigenvalue weighted by atomic mass is 9.90. The number of carbonyl (C=O) groups is 2. The van der Waals surface area contributed by atoms with Crippen LogP contribution in [-0.4, -0.2) is 51.5 Å². The number of hydrogen-bond acceptors (Lipinski definition) is 6. The number of rotatable bonds is 11. The molecule has 1 amide bonds. The summed E-state index contributed by atoms with van der Waals surface area (Å²) in [5.41, 5.74) is 3.86. The molecule has 1 aliphatic rings. The molecule has 8 nitrogen and oxygen atoms in total. The highest BCUT2D eigenvalue weighted by molar-refractivity contribution is 6.30. The van der Waals surface area contributed by atoms with Crippen LogP contribution in [0.3, 0.4) is 0 Å². The minimum absolute atomic E-state index is 0.00808. The summed E-state index contributed by atoms with van der Waals surface area (Å²) in [6, 6.07) is 25.1. The number of anilines is 1. The first-order valence-corrected chi connectivity index (χ1v) is 14.8. The number of amides is 1. The van der Waals surface area contributed by atoms with E-state index in [1.54, 1.807) is 24.3 Å². The van der Waals surface area contributed by atoms with Crippen molar-refractivity contribution < 1.29 is 19.4 Å². The van der Waals surface area contributed by atoms with Gasteiger partial charge in [0.25, 0.3) is 5.91 Å². The summed E-state index contributed by atoms with van der Waals surface area (Å²) in [6.07, 6.45) is 4.58. The highest BCUT2D eigenvalue weighted by atomic mass is 35.5. The van der Waals surface area contributed by atoms with Crippen molar-refractivity contribution in [2.45, 2.75) is 39.3 Å². The van der Waals surface area contributed by atoms with Crippen LogP contribution >= 0.6 is 11.6 Å². The fraction of sp³-hybridized carbons (Fsp3) is 0.294. The van der Waals surface area contributed by atoms with Gasteiger partial charge in [-0.1, -0.05) is 71.8 Å². The molecule has 4 aromatic rings. The Labute approximate surface area is 256 Å². The zero-order chi connectivity index (χ0) is 30.2. The molecule has 1 saturated heterocycles. The molecule has 0 bridgehead atoms. The summed E-state index contributed by atoms with van der Waals surface area (Å²) in [5, 5.41) is 10.2. The second-order valence-electron chi connectivity index (χ2n) is 10.9. The quantitative estimate of drug-likeness (QED) is 0.219. The van der Waals surface area contributed by atoms with Crippen molar-refractivity contribution in [3.63, 3.8) is 0 Å². The van der Waals surface area contributed by atoms with Crippen molar-refractivity contribution in [1.29, 1.82) is 0 Å². The molecular weight excluding hydrogens is 564 g/mol. The van der Waals surface area contributed by atoms with E-state index in [0.29, 0.717) is 28.3 Å². The fourth-order valence-corrected chi connectivity index (χ4v) is 5.39. The van der Waals surface area contributed by atoms with Crippen LogP contribution in [0.15, 0.2) is 85.1 Å². The summed E-state index contributed by atoms with van der Waals surface area (Å²) in [6.45, 7) is 3.28. The Morgan fingerprint density at radius 1 is 0.977 bits per heavy atom. The topological polar surface area (TPSA) is 95.9 Å². The predicted octanol–water partition coefficient (Wildman–Crippen LogP) is 6.20. The van der Waals surface area contributed by atoms with E-state index in [-0.39, 0.29) is 18.7 Å². The van der Waals surface area contributed by atoms with Gasteiger partial charge >= 0.3 is 5.97 Å². The first kappa shape index (κ1) is 30.0. The number of nitrogens with zero attached hydrogens (tertiary/aromatic N) is 4. The molecular formula is C34H35ClN4O4. The molecule has 5 rings (SSSR count). The summed E-state index contributed by atoms with van der Waals surface area (Å²) in [4.78, 5) is 38.4. The zero-order valence-corrected chi connectivity index (χ0v) is 24.9. The maximum absolute atomic E-state index is 13.8. The minimum Gasteiger partial charge on any atom is -0.487 e. The van der Waals surface area contributed by atoms with Crippen LogP contribution < -0.4 is 9.64 Å². The number of hydrogen-bond donors (Lipinski definition) is 1. The Bertz CT molecular complexity index is 1520. The first-order valence-electron chi connectivity index (χ1n) is 14.4. The summed E-state index contributed by atoms with van der Waals surface area (Å²) >= 11 is 6.03. The van der Waals surface area contributed by atoms with Gasteiger partial charge in [-0.15, -0.1) is 0 Å². The second-order valence-corrected chi connectivity index (χ2v) is 11.4. The van der Waals surface area contributed by atoms with Gasteiger partial charge in [0.2, 0.25) is 5.95 Å². The van der Waals surface area contributed by atoms with Crippen molar-refractivity contribution in [2.24, 2.45) is 5.92 Å². The number of carboxylic acids is 1. The number of aromatic nitrogens is 2. The van der Waals surface area contributed by atoms with Gasteiger partial charge in [-0.25, -0.2) is 9.97 Å². The largest absolute Gasteiger partial charge is 0.487 e. The molecule has 3 aromatic carbocycles. The Balaban J connectivity index is 1.37. The van der Waals surface area contributed by atoms with Gasteiger partial charge in [0.05, 0.1) is 11.3 Å². The Kier molecular flexibility index (Phi) is 9.89. The minimum atomic E-state index is -1.10. The van der Waals surface area contributed by atoms with Crippen LogP contribution in [0.1, 0.15) is 45.6 Å². The van der Waals surface area contributed by atoms with Gasteiger partial charge in [0, 0.05) is 30.9 Å². The molecule has 43 heavy (non-hydrogen) atoms. The van der Waals surface area contributed by atoms with Gasteiger partial charge in [-0.3, -0.25) is 9.59 Å². The van der Waals surface area contributed by atoms with Gasteiger partial charge in [0.1, 0.15) is 18.9 Å². The molecule has 0 atom stereocenters. The monoisotopic (exact) mass is 598 g/mol. The molecule has 0 spiro atoms. The van der Waals surface area contributed by atoms with Crippen molar-refractivity contribution >= 4 is 29.4 Å². The van der Waals surface area contributed by atoms with Crippen molar-refractivity contribution in [3.8, 4) is 5.75 Å². The van der Waals surface area contributed by atoms with Crippen molar-refractivity contribution in [3.05, 3.63) is 118 Å². The highest BCUT2D eigenvalue weighted by Crippen LogP contribution is 2.26. The van der Waals surface area contributed by atoms with E-state index in [2.05, 4.69) is 34.1 Å². The van der Waals surface area contributed by atoms with E-state index in [4.69, 9.17) is 21.3 Å². The molecule has 1 N–H and O–H groups in total. The average molecular weight is 599 g/mol. The number of carbonyl (C=O) groups excluding carboxylic acids is 1.